The van der Waals surface area contributed by atoms with Crippen molar-refractivity contribution in [2.24, 2.45) is 5.92 Å². The number of hydrogen-bond acceptors (Lipinski definition) is 3. The van der Waals surface area contributed by atoms with Gasteiger partial charge < -0.3 is 14.7 Å². The van der Waals surface area contributed by atoms with Crippen LogP contribution in [0.1, 0.15) is 37.7 Å². The molecule has 20 heavy (non-hydrogen) atoms. The standard InChI is InChI=1S/C16H24ClNO2/c1-18(10-12-6-4-3-5-7-12)11-13-8-14(17)9-15(20-2)16(13)19/h8-9,12,19H,3-7,10-11H2,1-2H3. The quantitative estimate of drug-likeness (QED) is 0.889. The van der Waals surface area contributed by atoms with Crippen LogP contribution in [0.25, 0.3) is 0 Å². The molecule has 1 N–H and O–H groups in total. The van der Waals surface area contributed by atoms with E-state index < -0.39 is 0 Å². The lowest BCUT2D eigenvalue weighted by molar-refractivity contribution is 0.225. The van der Waals surface area contributed by atoms with Crippen LogP contribution in [0.5, 0.6) is 11.5 Å². The summed E-state index contributed by atoms with van der Waals surface area (Å²) in [4.78, 5) is 2.26. The summed E-state index contributed by atoms with van der Waals surface area (Å²) in [7, 11) is 3.64. The van der Waals surface area contributed by atoms with E-state index in [0.29, 0.717) is 17.3 Å². The maximum absolute atomic E-state index is 10.2. The third kappa shape index (κ3) is 4.03. The maximum Gasteiger partial charge on any atom is 0.162 e. The SMILES string of the molecule is COc1cc(Cl)cc(CN(C)CC2CCCCC2)c1O. The molecule has 0 aliphatic heterocycles. The fourth-order valence-electron chi connectivity index (χ4n) is 3.07. The van der Waals surface area contributed by atoms with E-state index in [1.54, 1.807) is 13.2 Å². The van der Waals surface area contributed by atoms with Crippen molar-refractivity contribution >= 4 is 11.6 Å². The topological polar surface area (TPSA) is 32.7 Å². The minimum absolute atomic E-state index is 0.201. The Morgan fingerprint density at radius 1 is 1.30 bits per heavy atom. The lowest BCUT2D eigenvalue weighted by atomic mass is 9.89. The number of phenolic OH excluding ortho intramolecular Hbond substituents is 1. The zero-order valence-electron chi connectivity index (χ0n) is 12.4. The van der Waals surface area contributed by atoms with Crippen LogP contribution < -0.4 is 4.74 Å². The van der Waals surface area contributed by atoms with E-state index in [0.717, 1.165) is 18.0 Å². The Labute approximate surface area is 126 Å². The Hall–Kier alpha value is -0.930. The molecule has 1 saturated carbocycles. The maximum atomic E-state index is 10.2. The van der Waals surface area contributed by atoms with Crippen LogP contribution in [0.2, 0.25) is 5.02 Å². The Balaban J connectivity index is 1.99. The smallest absolute Gasteiger partial charge is 0.162 e. The second-order valence-corrected chi connectivity index (χ2v) is 6.25. The highest BCUT2D eigenvalue weighted by Gasteiger charge is 2.17. The average molecular weight is 298 g/mol. The van der Waals surface area contributed by atoms with Gasteiger partial charge in [0.15, 0.2) is 11.5 Å². The van der Waals surface area contributed by atoms with Crippen LogP contribution in [-0.2, 0) is 6.54 Å². The van der Waals surface area contributed by atoms with E-state index in [1.807, 2.05) is 6.07 Å². The fraction of sp³-hybridized carbons (Fsp3) is 0.625. The molecule has 0 heterocycles. The number of rotatable bonds is 5. The predicted molar refractivity (Wildman–Crippen MR) is 82.6 cm³/mol. The number of halogens is 1. The molecule has 1 aromatic carbocycles. The first-order valence-electron chi connectivity index (χ1n) is 7.34. The summed E-state index contributed by atoms with van der Waals surface area (Å²) in [6, 6.07) is 3.46. The molecule has 1 aliphatic rings. The summed E-state index contributed by atoms with van der Waals surface area (Å²) in [5.74, 6) is 1.43. The van der Waals surface area contributed by atoms with Gasteiger partial charge in [0.2, 0.25) is 0 Å². The molecule has 0 radical (unpaired) electrons. The Morgan fingerprint density at radius 2 is 2.00 bits per heavy atom. The average Bonchev–Trinajstić information content (AvgIpc) is 2.43. The first-order chi connectivity index (χ1) is 9.60. The number of phenols is 1. The molecule has 2 rings (SSSR count). The molecule has 1 aliphatic carbocycles. The highest BCUT2D eigenvalue weighted by molar-refractivity contribution is 6.30. The van der Waals surface area contributed by atoms with Crippen molar-refractivity contribution in [3.63, 3.8) is 0 Å². The first-order valence-corrected chi connectivity index (χ1v) is 7.72. The van der Waals surface area contributed by atoms with E-state index in [-0.39, 0.29) is 5.75 Å². The Kier molecular flexibility index (Phi) is 5.55. The molecular formula is C16H24ClNO2. The van der Waals surface area contributed by atoms with E-state index in [1.165, 1.54) is 32.1 Å². The molecule has 1 fully saturated rings. The van der Waals surface area contributed by atoms with Crippen LogP contribution in [0.4, 0.5) is 0 Å². The van der Waals surface area contributed by atoms with Gasteiger partial charge in [-0.15, -0.1) is 0 Å². The van der Waals surface area contributed by atoms with E-state index in [9.17, 15) is 5.11 Å². The zero-order chi connectivity index (χ0) is 14.5. The third-order valence-electron chi connectivity index (χ3n) is 4.07. The van der Waals surface area contributed by atoms with Gasteiger partial charge in [0, 0.05) is 29.7 Å². The van der Waals surface area contributed by atoms with Crippen LogP contribution in [0.15, 0.2) is 12.1 Å². The van der Waals surface area contributed by atoms with Gasteiger partial charge in [-0.2, -0.15) is 0 Å². The van der Waals surface area contributed by atoms with E-state index in [4.69, 9.17) is 16.3 Å². The number of methoxy groups -OCH3 is 1. The van der Waals surface area contributed by atoms with Gasteiger partial charge in [-0.25, -0.2) is 0 Å². The molecule has 0 unspecified atom stereocenters. The van der Waals surface area contributed by atoms with Crippen molar-refractivity contribution in [1.29, 1.82) is 0 Å². The monoisotopic (exact) mass is 297 g/mol. The summed E-state index contributed by atoms with van der Waals surface area (Å²) in [5.41, 5.74) is 0.827. The van der Waals surface area contributed by atoms with Crippen molar-refractivity contribution < 1.29 is 9.84 Å². The molecule has 0 amide bonds. The third-order valence-corrected chi connectivity index (χ3v) is 4.29. The van der Waals surface area contributed by atoms with Gasteiger partial charge in [-0.05, 0) is 31.9 Å². The highest BCUT2D eigenvalue weighted by Crippen LogP contribution is 2.34. The number of hydrogen-bond donors (Lipinski definition) is 1. The highest BCUT2D eigenvalue weighted by atomic mass is 35.5. The van der Waals surface area contributed by atoms with Gasteiger partial charge in [0.05, 0.1) is 7.11 Å². The van der Waals surface area contributed by atoms with Crippen molar-refractivity contribution in [3.8, 4) is 11.5 Å². The molecule has 3 nitrogen and oxygen atoms in total. The van der Waals surface area contributed by atoms with Gasteiger partial charge in [0.25, 0.3) is 0 Å². The molecule has 112 valence electrons. The van der Waals surface area contributed by atoms with Gasteiger partial charge in [0.1, 0.15) is 0 Å². The summed E-state index contributed by atoms with van der Waals surface area (Å²) in [6.45, 7) is 1.77. The van der Waals surface area contributed by atoms with Crippen molar-refractivity contribution in [2.75, 3.05) is 20.7 Å². The minimum Gasteiger partial charge on any atom is -0.504 e. The number of aromatic hydroxyl groups is 1. The van der Waals surface area contributed by atoms with Crippen molar-refractivity contribution in [2.45, 2.75) is 38.6 Å². The van der Waals surface area contributed by atoms with Crippen LogP contribution >= 0.6 is 11.6 Å². The Bertz CT molecular complexity index is 444. The van der Waals surface area contributed by atoms with E-state index in [2.05, 4.69) is 11.9 Å². The summed E-state index contributed by atoms with van der Waals surface area (Å²) in [6.07, 6.45) is 6.75. The van der Waals surface area contributed by atoms with Crippen molar-refractivity contribution in [3.05, 3.63) is 22.7 Å². The minimum atomic E-state index is 0.201. The molecule has 4 heteroatoms. The molecule has 0 atom stereocenters. The first kappa shape index (κ1) is 15.5. The molecule has 0 aromatic heterocycles. The number of ether oxygens (including phenoxy) is 1. The van der Waals surface area contributed by atoms with Crippen molar-refractivity contribution in [1.82, 2.24) is 4.90 Å². The summed E-state index contributed by atoms with van der Waals surface area (Å²) >= 11 is 6.07. The molecular weight excluding hydrogens is 274 g/mol. The second-order valence-electron chi connectivity index (χ2n) is 5.82. The van der Waals surface area contributed by atoms with Gasteiger partial charge in [-0.3, -0.25) is 0 Å². The Morgan fingerprint density at radius 3 is 2.65 bits per heavy atom. The molecule has 0 saturated heterocycles. The number of benzene rings is 1. The molecule has 1 aromatic rings. The second kappa shape index (κ2) is 7.19. The normalized spacial score (nSPS) is 16.6. The lowest BCUT2D eigenvalue weighted by Gasteiger charge is -2.27. The summed E-state index contributed by atoms with van der Waals surface area (Å²) < 4.78 is 5.15. The lowest BCUT2D eigenvalue weighted by Crippen LogP contribution is -2.26. The largest absolute Gasteiger partial charge is 0.504 e. The predicted octanol–water partition coefficient (Wildman–Crippen LogP) is 4.07. The van der Waals surface area contributed by atoms with Crippen LogP contribution in [-0.4, -0.2) is 30.7 Å². The fourth-order valence-corrected chi connectivity index (χ4v) is 3.30. The van der Waals surface area contributed by atoms with Gasteiger partial charge >= 0.3 is 0 Å². The molecule has 0 bridgehead atoms. The molecule has 0 spiro atoms. The number of nitrogens with zero attached hydrogens (tertiary/aromatic N) is 1. The zero-order valence-corrected chi connectivity index (χ0v) is 13.1. The van der Waals surface area contributed by atoms with Crippen LogP contribution in [0, 0.1) is 5.92 Å². The van der Waals surface area contributed by atoms with E-state index >= 15 is 0 Å². The summed E-state index contributed by atoms with van der Waals surface area (Å²) in [5, 5.41) is 10.8. The van der Waals surface area contributed by atoms with Crippen LogP contribution in [0.3, 0.4) is 0 Å². The van der Waals surface area contributed by atoms with Gasteiger partial charge in [-0.1, -0.05) is 30.9 Å².